The monoisotopic (exact) mass is 354 g/mol. The van der Waals surface area contributed by atoms with E-state index in [1.807, 2.05) is 0 Å². The third-order valence-corrected chi connectivity index (χ3v) is 6.20. The van der Waals surface area contributed by atoms with Gasteiger partial charge in [0.05, 0.1) is 10.9 Å². The van der Waals surface area contributed by atoms with Crippen molar-refractivity contribution in [3.63, 3.8) is 0 Å². The van der Waals surface area contributed by atoms with Crippen LogP contribution in [0, 0.1) is 0 Å². The van der Waals surface area contributed by atoms with Crippen molar-refractivity contribution in [2.75, 3.05) is 7.11 Å². The molecular formula is C9H11BrN2O4S2. The summed E-state index contributed by atoms with van der Waals surface area (Å²) in [6.45, 7) is 0. The summed E-state index contributed by atoms with van der Waals surface area (Å²) < 4.78 is 31.4. The number of thiophene rings is 1. The van der Waals surface area contributed by atoms with Crippen LogP contribution in [0.15, 0.2) is 14.7 Å². The molecule has 1 fully saturated rings. The van der Waals surface area contributed by atoms with Crippen LogP contribution in [-0.2, 0) is 14.8 Å². The molecule has 1 aliphatic rings. The van der Waals surface area contributed by atoms with Gasteiger partial charge in [0.25, 0.3) is 0 Å². The lowest BCUT2D eigenvalue weighted by atomic mass is 10.5. The molecule has 0 aromatic carbocycles. The molecule has 2 atom stereocenters. The number of halogens is 1. The fourth-order valence-corrected chi connectivity index (χ4v) is 5.13. The molecule has 0 amide bonds. The molecule has 0 aliphatic heterocycles. The number of carbonyl (C=O) groups excluding carboxylic acids is 1. The van der Waals surface area contributed by atoms with E-state index in [9.17, 15) is 13.2 Å². The predicted molar refractivity (Wildman–Crippen MR) is 70.1 cm³/mol. The molecule has 100 valence electrons. The topological polar surface area (TPSA) is 98.5 Å². The zero-order valence-electron chi connectivity index (χ0n) is 9.34. The van der Waals surface area contributed by atoms with Gasteiger partial charge in [-0.15, -0.1) is 11.3 Å². The van der Waals surface area contributed by atoms with Crippen LogP contribution in [0.1, 0.15) is 16.1 Å². The van der Waals surface area contributed by atoms with Gasteiger partial charge in [0.2, 0.25) is 10.0 Å². The van der Waals surface area contributed by atoms with Crippen LogP contribution >= 0.6 is 27.3 Å². The fourth-order valence-electron chi connectivity index (χ4n) is 1.35. The molecule has 3 N–H and O–H groups in total. The Bertz CT molecular complexity index is 583. The summed E-state index contributed by atoms with van der Waals surface area (Å²) in [6.07, 6.45) is 0.630. The van der Waals surface area contributed by atoms with E-state index in [1.54, 1.807) is 0 Å². The molecule has 2 rings (SSSR count). The Kier molecular flexibility index (Phi) is 3.79. The largest absolute Gasteiger partial charge is 0.465 e. The first-order chi connectivity index (χ1) is 8.35. The summed E-state index contributed by atoms with van der Waals surface area (Å²) in [6, 6.07) is 0.942. The van der Waals surface area contributed by atoms with Gasteiger partial charge in [0, 0.05) is 12.1 Å². The number of hydrogen-bond acceptors (Lipinski definition) is 6. The van der Waals surface area contributed by atoms with E-state index in [4.69, 9.17) is 5.73 Å². The smallest absolute Gasteiger partial charge is 0.348 e. The highest BCUT2D eigenvalue weighted by molar-refractivity contribution is 9.11. The first-order valence-electron chi connectivity index (χ1n) is 5.00. The lowest BCUT2D eigenvalue weighted by Crippen LogP contribution is -2.29. The first kappa shape index (κ1) is 13.9. The zero-order valence-corrected chi connectivity index (χ0v) is 12.6. The van der Waals surface area contributed by atoms with Crippen LogP contribution < -0.4 is 10.5 Å². The molecule has 1 aliphatic carbocycles. The van der Waals surface area contributed by atoms with Crippen molar-refractivity contribution >= 4 is 43.3 Å². The molecule has 1 saturated carbocycles. The predicted octanol–water partition coefficient (Wildman–Crippen LogP) is 0.675. The summed E-state index contributed by atoms with van der Waals surface area (Å²) in [5, 5.41) is 0. The van der Waals surface area contributed by atoms with E-state index in [2.05, 4.69) is 25.4 Å². The molecule has 0 bridgehead atoms. The lowest BCUT2D eigenvalue weighted by Gasteiger charge is -2.03. The highest BCUT2D eigenvalue weighted by atomic mass is 79.9. The molecular weight excluding hydrogens is 344 g/mol. The van der Waals surface area contributed by atoms with Crippen LogP contribution in [0.3, 0.4) is 0 Å². The van der Waals surface area contributed by atoms with Gasteiger partial charge in [0.15, 0.2) is 0 Å². The first-order valence-corrected chi connectivity index (χ1v) is 8.10. The van der Waals surface area contributed by atoms with Gasteiger partial charge in [-0.2, -0.15) is 0 Å². The molecule has 1 heterocycles. The number of ether oxygens (including phenoxy) is 1. The van der Waals surface area contributed by atoms with Crippen LogP contribution in [0.25, 0.3) is 0 Å². The molecule has 0 saturated heterocycles. The molecule has 2 unspecified atom stereocenters. The molecule has 9 heteroatoms. The summed E-state index contributed by atoms with van der Waals surface area (Å²) in [7, 11) is -2.41. The maximum Gasteiger partial charge on any atom is 0.348 e. The van der Waals surface area contributed by atoms with E-state index in [0.29, 0.717) is 10.2 Å². The number of nitrogens with two attached hydrogens (primary N) is 1. The molecule has 1 aromatic heterocycles. The van der Waals surface area contributed by atoms with Gasteiger partial charge in [-0.1, -0.05) is 0 Å². The number of sulfonamides is 1. The molecule has 0 spiro atoms. The number of methoxy groups -OCH3 is 1. The third kappa shape index (κ3) is 2.75. The minimum atomic E-state index is -3.66. The van der Waals surface area contributed by atoms with Crippen molar-refractivity contribution in [2.45, 2.75) is 23.4 Å². The van der Waals surface area contributed by atoms with Crippen molar-refractivity contribution in [1.29, 1.82) is 0 Å². The number of esters is 1. The van der Waals surface area contributed by atoms with Gasteiger partial charge >= 0.3 is 5.97 Å². The van der Waals surface area contributed by atoms with Crippen LogP contribution in [0.4, 0.5) is 0 Å². The van der Waals surface area contributed by atoms with E-state index in [1.165, 1.54) is 13.2 Å². The second kappa shape index (κ2) is 4.89. The quantitative estimate of drug-likeness (QED) is 0.774. The Balaban J connectivity index is 2.27. The van der Waals surface area contributed by atoms with Gasteiger partial charge in [0.1, 0.15) is 9.77 Å². The van der Waals surface area contributed by atoms with E-state index < -0.39 is 16.0 Å². The van der Waals surface area contributed by atoms with Crippen molar-refractivity contribution in [2.24, 2.45) is 5.73 Å². The molecule has 6 nitrogen and oxygen atoms in total. The molecule has 0 radical (unpaired) electrons. The Labute approximate surface area is 117 Å². The Morgan fingerprint density at radius 1 is 1.67 bits per heavy atom. The maximum absolute atomic E-state index is 12.0. The van der Waals surface area contributed by atoms with E-state index >= 15 is 0 Å². The summed E-state index contributed by atoms with van der Waals surface area (Å²) in [4.78, 5) is 11.6. The van der Waals surface area contributed by atoms with Crippen molar-refractivity contribution < 1.29 is 17.9 Å². The summed E-state index contributed by atoms with van der Waals surface area (Å²) >= 11 is 4.15. The average Bonchev–Trinajstić information content (AvgIpc) is 2.81. The molecule has 18 heavy (non-hydrogen) atoms. The van der Waals surface area contributed by atoms with Crippen LogP contribution in [0.2, 0.25) is 0 Å². The highest BCUT2D eigenvalue weighted by Crippen LogP contribution is 2.33. The fraction of sp³-hybridized carbons (Fsp3) is 0.444. The minimum absolute atomic E-state index is 0.0343. The number of nitrogens with one attached hydrogen (secondary N) is 1. The van der Waals surface area contributed by atoms with Crippen LogP contribution in [0.5, 0.6) is 0 Å². The maximum atomic E-state index is 12.0. The standard InChI is InChI=1S/C9H11BrN2O4S2/c1-16-9(13)6-3-7(8(10)17-6)18(14,15)12-5-2-4(5)11/h3-5,12H,2,11H2,1H3. The third-order valence-electron chi connectivity index (χ3n) is 2.48. The van der Waals surface area contributed by atoms with E-state index in [-0.39, 0.29) is 21.9 Å². The summed E-state index contributed by atoms with van der Waals surface area (Å²) in [5.74, 6) is -0.565. The zero-order chi connectivity index (χ0) is 13.5. The van der Waals surface area contributed by atoms with Crippen molar-refractivity contribution in [3.05, 3.63) is 14.7 Å². The normalized spacial score (nSPS) is 22.8. The number of hydrogen-bond donors (Lipinski definition) is 2. The summed E-state index contributed by atoms with van der Waals surface area (Å²) in [5.41, 5.74) is 5.55. The number of rotatable bonds is 4. The second-order valence-electron chi connectivity index (χ2n) is 3.87. The average molecular weight is 355 g/mol. The molecule has 1 aromatic rings. The Morgan fingerprint density at radius 2 is 2.28 bits per heavy atom. The minimum Gasteiger partial charge on any atom is -0.465 e. The lowest BCUT2D eigenvalue weighted by molar-refractivity contribution is 0.0606. The highest BCUT2D eigenvalue weighted by Gasteiger charge is 2.38. The number of carbonyl (C=O) groups is 1. The van der Waals surface area contributed by atoms with Crippen molar-refractivity contribution in [1.82, 2.24) is 4.72 Å². The van der Waals surface area contributed by atoms with Gasteiger partial charge < -0.3 is 10.5 Å². The van der Waals surface area contributed by atoms with Gasteiger partial charge in [-0.25, -0.2) is 17.9 Å². The Hall–Kier alpha value is -0.480. The van der Waals surface area contributed by atoms with Crippen molar-refractivity contribution in [3.8, 4) is 0 Å². The second-order valence-corrected chi connectivity index (χ2v) is 7.92. The van der Waals surface area contributed by atoms with Gasteiger partial charge in [-0.3, -0.25) is 0 Å². The SMILES string of the molecule is COC(=O)c1cc(S(=O)(=O)NC2CC2N)c(Br)s1. The van der Waals surface area contributed by atoms with Crippen LogP contribution in [-0.4, -0.2) is 33.6 Å². The van der Waals surface area contributed by atoms with E-state index in [0.717, 1.165) is 11.3 Å². The van der Waals surface area contributed by atoms with Gasteiger partial charge in [-0.05, 0) is 28.4 Å². The Morgan fingerprint density at radius 3 is 2.78 bits per heavy atom.